The van der Waals surface area contributed by atoms with Gasteiger partial charge in [-0.1, -0.05) is 0 Å². The summed E-state index contributed by atoms with van der Waals surface area (Å²) in [5.74, 6) is 0.187. The number of carbonyl (C=O) groups excluding carboxylic acids is 1. The van der Waals surface area contributed by atoms with Gasteiger partial charge in [0.15, 0.2) is 0 Å². The first-order chi connectivity index (χ1) is 11.2. The number of fused-ring (bicyclic) bond motifs is 1. The van der Waals surface area contributed by atoms with Crippen molar-refractivity contribution >= 4 is 5.91 Å². The van der Waals surface area contributed by atoms with E-state index in [0.717, 1.165) is 26.1 Å². The zero-order valence-electron chi connectivity index (χ0n) is 13.6. The van der Waals surface area contributed by atoms with Crippen molar-refractivity contribution < 1.29 is 14.3 Å². The number of aryl methyl sites for hydroxylation is 1. The molecule has 3 fully saturated rings. The lowest BCUT2D eigenvalue weighted by Gasteiger charge is -2.30. The summed E-state index contributed by atoms with van der Waals surface area (Å²) in [6.45, 7) is 5.05. The van der Waals surface area contributed by atoms with Crippen LogP contribution in [0.1, 0.15) is 12.1 Å². The molecule has 0 bridgehead atoms. The van der Waals surface area contributed by atoms with E-state index in [-0.39, 0.29) is 17.9 Å². The molecule has 7 heteroatoms. The lowest BCUT2D eigenvalue weighted by molar-refractivity contribution is -0.142. The van der Waals surface area contributed by atoms with E-state index in [1.165, 1.54) is 5.69 Å². The van der Waals surface area contributed by atoms with Gasteiger partial charge in [-0.05, 0) is 12.5 Å². The lowest BCUT2D eigenvalue weighted by Crippen LogP contribution is -2.46. The maximum Gasteiger partial charge on any atom is 0.229 e. The van der Waals surface area contributed by atoms with E-state index in [1.54, 1.807) is 0 Å². The number of rotatable bonds is 3. The summed E-state index contributed by atoms with van der Waals surface area (Å²) in [6, 6.07) is 2.39. The summed E-state index contributed by atoms with van der Waals surface area (Å²) < 4.78 is 13.2. The zero-order chi connectivity index (χ0) is 15.8. The Hall–Kier alpha value is -1.44. The number of hydrogen-bond acceptors (Lipinski definition) is 5. The molecule has 3 saturated heterocycles. The largest absolute Gasteiger partial charge is 0.378 e. The van der Waals surface area contributed by atoms with E-state index in [9.17, 15) is 4.79 Å². The summed E-state index contributed by atoms with van der Waals surface area (Å²) in [5, 5.41) is 4.24. The molecule has 0 saturated carbocycles. The van der Waals surface area contributed by atoms with Gasteiger partial charge in [-0.2, -0.15) is 5.10 Å². The quantitative estimate of drug-likeness (QED) is 0.776. The second kappa shape index (κ2) is 6.22. The third-order valence-corrected chi connectivity index (χ3v) is 5.33. The molecule has 3 atom stereocenters. The van der Waals surface area contributed by atoms with Gasteiger partial charge in [-0.15, -0.1) is 0 Å². The third-order valence-electron chi connectivity index (χ3n) is 5.33. The van der Waals surface area contributed by atoms with E-state index < -0.39 is 0 Å². The van der Waals surface area contributed by atoms with Crippen LogP contribution in [-0.2, 0) is 27.9 Å². The molecule has 0 spiro atoms. The summed E-state index contributed by atoms with van der Waals surface area (Å²) in [7, 11) is 1.96. The molecule has 23 heavy (non-hydrogen) atoms. The van der Waals surface area contributed by atoms with Gasteiger partial charge in [0.2, 0.25) is 5.91 Å². The molecule has 0 unspecified atom stereocenters. The van der Waals surface area contributed by atoms with Crippen molar-refractivity contribution in [3.63, 3.8) is 0 Å². The van der Waals surface area contributed by atoms with Gasteiger partial charge in [0.05, 0.1) is 30.9 Å². The zero-order valence-corrected chi connectivity index (χ0v) is 13.6. The predicted octanol–water partition coefficient (Wildman–Crippen LogP) is -0.132. The fraction of sp³-hybridized carbons (Fsp3) is 0.750. The van der Waals surface area contributed by atoms with Crippen LogP contribution in [0.5, 0.6) is 0 Å². The number of nitrogens with zero attached hydrogens (tertiary/aromatic N) is 4. The fourth-order valence-corrected chi connectivity index (χ4v) is 4.05. The van der Waals surface area contributed by atoms with Crippen molar-refractivity contribution in [3.05, 3.63) is 18.0 Å². The molecule has 0 radical (unpaired) electrons. The Bertz CT molecular complexity index is 569. The molecule has 0 N–H and O–H groups in total. The smallest absolute Gasteiger partial charge is 0.229 e. The van der Waals surface area contributed by atoms with E-state index in [4.69, 9.17) is 9.47 Å². The van der Waals surface area contributed by atoms with Gasteiger partial charge in [0.1, 0.15) is 0 Å². The predicted molar refractivity (Wildman–Crippen MR) is 82.7 cm³/mol. The molecular weight excluding hydrogens is 296 g/mol. The Kier molecular flexibility index (Phi) is 4.09. The monoisotopic (exact) mass is 320 g/mol. The number of hydrogen-bond donors (Lipinski definition) is 0. The first-order valence-corrected chi connectivity index (χ1v) is 8.43. The fourth-order valence-electron chi connectivity index (χ4n) is 4.05. The summed E-state index contributed by atoms with van der Waals surface area (Å²) in [6.07, 6.45) is 2.87. The standard InChI is InChI=1S/C16H24N4O3/c1-18-12(2-4-17-18)10-20-11-13(15-14(20)3-7-23-15)16(21)19-5-8-22-9-6-19/h2,4,13-15H,3,5-11H2,1H3/t13-,14+,15+/m0/s1. The highest BCUT2D eigenvalue weighted by molar-refractivity contribution is 5.80. The van der Waals surface area contributed by atoms with E-state index in [2.05, 4.69) is 10.00 Å². The summed E-state index contributed by atoms with van der Waals surface area (Å²) in [5.41, 5.74) is 1.18. The maximum atomic E-state index is 12.9. The number of ether oxygens (including phenoxy) is 2. The van der Waals surface area contributed by atoms with Gasteiger partial charge >= 0.3 is 0 Å². The van der Waals surface area contributed by atoms with Gasteiger partial charge in [0.25, 0.3) is 0 Å². The SMILES string of the molecule is Cn1nccc1CN1C[C@H](C(=O)N2CCOCC2)[C@H]2OCC[C@H]21. The molecule has 1 amide bonds. The van der Waals surface area contributed by atoms with E-state index in [1.807, 2.05) is 28.9 Å². The van der Waals surface area contributed by atoms with E-state index in [0.29, 0.717) is 32.3 Å². The second-order valence-corrected chi connectivity index (χ2v) is 6.61. The van der Waals surface area contributed by atoms with Gasteiger partial charge < -0.3 is 14.4 Å². The highest BCUT2D eigenvalue weighted by Gasteiger charge is 2.49. The Morgan fingerprint density at radius 1 is 1.35 bits per heavy atom. The maximum absolute atomic E-state index is 12.9. The molecule has 7 nitrogen and oxygen atoms in total. The lowest BCUT2D eigenvalue weighted by atomic mass is 10.0. The molecule has 126 valence electrons. The molecule has 4 rings (SSSR count). The van der Waals surface area contributed by atoms with Crippen LogP contribution in [0.25, 0.3) is 0 Å². The minimum absolute atomic E-state index is 0.0403. The number of aromatic nitrogens is 2. The first kappa shape index (κ1) is 15.1. The summed E-state index contributed by atoms with van der Waals surface area (Å²) in [4.78, 5) is 17.2. The summed E-state index contributed by atoms with van der Waals surface area (Å²) >= 11 is 0. The van der Waals surface area contributed by atoms with Gasteiger partial charge in [-0.25, -0.2) is 0 Å². The van der Waals surface area contributed by atoms with Gasteiger partial charge in [-0.3, -0.25) is 14.4 Å². The third kappa shape index (κ3) is 2.77. The van der Waals surface area contributed by atoms with E-state index >= 15 is 0 Å². The van der Waals surface area contributed by atoms with Crippen LogP contribution in [0.15, 0.2) is 12.3 Å². The normalized spacial score (nSPS) is 31.5. The van der Waals surface area contributed by atoms with Crippen LogP contribution in [-0.4, -0.2) is 77.1 Å². The number of amides is 1. The average molecular weight is 320 g/mol. The van der Waals surface area contributed by atoms with Crippen molar-refractivity contribution in [2.24, 2.45) is 13.0 Å². The van der Waals surface area contributed by atoms with Gasteiger partial charge in [0, 0.05) is 52.1 Å². The average Bonchev–Trinajstić information content (AvgIpc) is 3.27. The minimum atomic E-state index is -0.0474. The molecule has 3 aliphatic heterocycles. The van der Waals surface area contributed by atoms with Crippen molar-refractivity contribution in [1.82, 2.24) is 19.6 Å². The van der Waals surface area contributed by atoms with Crippen molar-refractivity contribution in [3.8, 4) is 0 Å². The Morgan fingerprint density at radius 2 is 2.17 bits per heavy atom. The van der Waals surface area contributed by atoms with Crippen LogP contribution in [0.3, 0.4) is 0 Å². The van der Waals surface area contributed by atoms with Crippen LogP contribution in [0, 0.1) is 5.92 Å². The van der Waals surface area contributed by atoms with Crippen molar-refractivity contribution in [2.45, 2.75) is 25.1 Å². The Balaban J connectivity index is 1.48. The first-order valence-electron chi connectivity index (χ1n) is 8.43. The minimum Gasteiger partial charge on any atom is -0.378 e. The molecule has 3 aliphatic rings. The topological polar surface area (TPSA) is 59.8 Å². The highest BCUT2D eigenvalue weighted by atomic mass is 16.5. The second-order valence-electron chi connectivity index (χ2n) is 6.61. The molecule has 0 aromatic carbocycles. The molecule has 1 aromatic heterocycles. The van der Waals surface area contributed by atoms with Crippen LogP contribution < -0.4 is 0 Å². The van der Waals surface area contributed by atoms with Crippen LogP contribution >= 0.6 is 0 Å². The Labute approximate surface area is 136 Å². The highest BCUT2D eigenvalue weighted by Crippen LogP contribution is 2.35. The molecular formula is C16H24N4O3. The number of morpholine rings is 1. The van der Waals surface area contributed by atoms with Crippen molar-refractivity contribution in [1.29, 1.82) is 0 Å². The molecule has 1 aromatic rings. The number of likely N-dealkylation sites (tertiary alicyclic amines) is 1. The number of carbonyl (C=O) groups is 1. The van der Waals surface area contributed by atoms with Crippen molar-refractivity contribution in [2.75, 3.05) is 39.5 Å². The Morgan fingerprint density at radius 3 is 2.91 bits per heavy atom. The molecule has 0 aliphatic carbocycles. The van der Waals surface area contributed by atoms with Crippen LogP contribution in [0.2, 0.25) is 0 Å². The molecule has 4 heterocycles. The van der Waals surface area contributed by atoms with Crippen LogP contribution in [0.4, 0.5) is 0 Å².